The van der Waals surface area contributed by atoms with Crippen molar-refractivity contribution in [3.8, 4) is 0 Å². The zero-order valence-electron chi connectivity index (χ0n) is 10.9. The van der Waals surface area contributed by atoms with Crippen molar-refractivity contribution in [1.82, 2.24) is 0 Å². The summed E-state index contributed by atoms with van der Waals surface area (Å²) in [6.07, 6.45) is 0.337. The quantitative estimate of drug-likeness (QED) is 0.880. The number of hydrogen-bond acceptors (Lipinski definition) is 2. The topological polar surface area (TPSA) is 63.3 Å². The van der Waals surface area contributed by atoms with Crippen LogP contribution in [0.3, 0.4) is 0 Å². The van der Waals surface area contributed by atoms with Gasteiger partial charge in [-0.1, -0.05) is 42.5 Å². The van der Waals surface area contributed by atoms with Crippen LogP contribution in [0.25, 0.3) is 0 Å². The lowest BCUT2D eigenvalue weighted by Crippen LogP contribution is -2.15. The smallest absolute Gasteiger partial charge is 0.305 e. The van der Waals surface area contributed by atoms with Gasteiger partial charge in [0.05, 0.1) is 6.42 Å². The predicted molar refractivity (Wildman–Crippen MR) is 74.8 cm³/mol. The molecule has 1 unspecified atom stereocenters. The van der Waals surface area contributed by atoms with Gasteiger partial charge in [-0.2, -0.15) is 0 Å². The highest BCUT2D eigenvalue weighted by atomic mass is 19.1. The van der Waals surface area contributed by atoms with Gasteiger partial charge in [0, 0.05) is 12.5 Å². The number of benzene rings is 2. The van der Waals surface area contributed by atoms with E-state index in [4.69, 9.17) is 10.8 Å². The van der Waals surface area contributed by atoms with Crippen molar-refractivity contribution in [1.29, 1.82) is 0 Å². The van der Waals surface area contributed by atoms with Gasteiger partial charge >= 0.3 is 5.97 Å². The first-order valence-electron chi connectivity index (χ1n) is 6.36. The molecule has 0 amide bonds. The van der Waals surface area contributed by atoms with E-state index in [9.17, 15) is 9.18 Å². The third-order valence-electron chi connectivity index (χ3n) is 3.13. The fraction of sp³-hybridized carbons (Fsp3) is 0.188. The van der Waals surface area contributed by atoms with Crippen molar-refractivity contribution in [2.24, 2.45) is 5.73 Å². The van der Waals surface area contributed by atoms with Crippen LogP contribution in [0, 0.1) is 5.82 Å². The van der Waals surface area contributed by atoms with Gasteiger partial charge in [0.25, 0.3) is 0 Å². The molecule has 0 bridgehead atoms. The van der Waals surface area contributed by atoms with E-state index >= 15 is 0 Å². The van der Waals surface area contributed by atoms with Gasteiger partial charge in [-0.25, -0.2) is 4.39 Å². The van der Waals surface area contributed by atoms with Crippen LogP contribution in [-0.2, 0) is 11.2 Å². The van der Waals surface area contributed by atoms with Gasteiger partial charge in [-0.05, 0) is 22.8 Å². The minimum absolute atomic E-state index is 0.122. The standard InChI is InChI=1S/C16H16FNO2/c17-14-7-2-1-5-12(14)8-11-4-3-6-13(9-11)15(18)10-16(19)20/h1-7,9,15H,8,10,18H2,(H,19,20). The average molecular weight is 273 g/mol. The summed E-state index contributed by atoms with van der Waals surface area (Å²) in [5.41, 5.74) is 8.10. The lowest BCUT2D eigenvalue weighted by atomic mass is 9.98. The second-order valence-corrected chi connectivity index (χ2v) is 4.72. The molecular weight excluding hydrogens is 257 g/mol. The van der Waals surface area contributed by atoms with Crippen LogP contribution in [0.2, 0.25) is 0 Å². The van der Waals surface area contributed by atoms with Crippen LogP contribution in [0.1, 0.15) is 29.2 Å². The van der Waals surface area contributed by atoms with E-state index in [1.807, 2.05) is 18.2 Å². The lowest BCUT2D eigenvalue weighted by Gasteiger charge is -2.11. The largest absolute Gasteiger partial charge is 0.481 e. The first-order chi connectivity index (χ1) is 9.56. The van der Waals surface area contributed by atoms with Gasteiger partial charge in [-0.15, -0.1) is 0 Å². The predicted octanol–water partition coefficient (Wildman–Crippen LogP) is 2.89. The second kappa shape index (κ2) is 6.30. The number of nitrogens with two attached hydrogens (primary N) is 1. The summed E-state index contributed by atoms with van der Waals surface area (Å²) in [4.78, 5) is 10.7. The van der Waals surface area contributed by atoms with E-state index in [0.717, 1.165) is 11.1 Å². The highest BCUT2D eigenvalue weighted by Crippen LogP contribution is 2.19. The second-order valence-electron chi connectivity index (χ2n) is 4.72. The molecule has 4 heteroatoms. The van der Waals surface area contributed by atoms with Crippen molar-refractivity contribution in [2.75, 3.05) is 0 Å². The van der Waals surface area contributed by atoms with Crippen LogP contribution in [0.5, 0.6) is 0 Å². The van der Waals surface area contributed by atoms with E-state index < -0.39 is 12.0 Å². The molecule has 0 aliphatic carbocycles. The van der Waals surface area contributed by atoms with Crippen LogP contribution in [0.4, 0.5) is 4.39 Å². The van der Waals surface area contributed by atoms with Crippen LogP contribution < -0.4 is 5.73 Å². The minimum atomic E-state index is -0.933. The molecule has 0 fully saturated rings. The zero-order valence-corrected chi connectivity index (χ0v) is 10.9. The van der Waals surface area contributed by atoms with Crippen LogP contribution >= 0.6 is 0 Å². The zero-order chi connectivity index (χ0) is 14.5. The van der Waals surface area contributed by atoms with Gasteiger partial charge in [0.2, 0.25) is 0 Å². The van der Waals surface area contributed by atoms with Crippen LogP contribution in [-0.4, -0.2) is 11.1 Å². The number of carboxylic acids is 1. The summed E-state index contributed by atoms with van der Waals surface area (Å²) >= 11 is 0. The highest BCUT2D eigenvalue weighted by molar-refractivity contribution is 5.67. The average Bonchev–Trinajstić information content (AvgIpc) is 2.41. The summed E-state index contributed by atoms with van der Waals surface area (Å²) in [5, 5.41) is 8.76. The summed E-state index contributed by atoms with van der Waals surface area (Å²) in [7, 11) is 0. The molecule has 0 aliphatic rings. The molecular formula is C16H16FNO2. The maximum Gasteiger partial charge on any atom is 0.305 e. The molecule has 3 nitrogen and oxygen atoms in total. The first kappa shape index (κ1) is 14.2. The molecule has 0 radical (unpaired) electrons. The van der Waals surface area contributed by atoms with Crippen molar-refractivity contribution in [3.63, 3.8) is 0 Å². The lowest BCUT2D eigenvalue weighted by molar-refractivity contribution is -0.137. The number of carbonyl (C=O) groups is 1. The Morgan fingerprint density at radius 1 is 1.20 bits per heavy atom. The Kier molecular flexibility index (Phi) is 4.48. The normalized spacial score (nSPS) is 12.1. The van der Waals surface area contributed by atoms with E-state index in [2.05, 4.69) is 0 Å². The SMILES string of the molecule is NC(CC(=O)O)c1cccc(Cc2ccccc2F)c1. The third kappa shape index (κ3) is 3.65. The van der Waals surface area contributed by atoms with Crippen LogP contribution in [0.15, 0.2) is 48.5 Å². The molecule has 2 aromatic rings. The number of aliphatic carboxylic acids is 1. The minimum Gasteiger partial charge on any atom is -0.481 e. The van der Waals surface area contributed by atoms with Gasteiger partial charge < -0.3 is 10.8 Å². The molecule has 2 aromatic carbocycles. The Morgan fingerprint density at radius 3 is 2.65 bits per heavy atom. The Morgan fingerprint density at radius 2 is 1.95 bits per heavy atom. The molecule has 0 saturated carbocycles. The Hall–Kier alpha value is -2.20. The first-order valence-corrected chi connectivity index (χ1v) is 6.36. The molecule has 20 heavy (non-hydrogen) atoms. The van der Waals surface area contributed by atoms with Gasteiger partial charge in [0.15, 0.2) is 0 Å². The maximum atomic E-state index is 13.6. The summed E-state index contributed by atoms with van der Waals surface area (Å²) in [5.74, 6) is -1.18. The molecule has 1 atom stereocenters. The van der Waals surface area contributed by atoms with Crippen molar-refractivity contribution in [3.05, 3.63) is 71.0 Å². The maximum absolute atomic E-state index is 13.6. The molecule has 104 valence electrons. The Bertz CT molecular complexity index is 613. The number of halogens is 1. The molecule has 0 heterocycles. The monoisotopic (exact) mass is 273 g/mol. The van der Waals surface area contributed by atoms with Gasteiger partial charge in [-0.3, -0.25) is 4.79 Å². The van der Waals surface area contributed by atoms with E-state index in [-0.39, 0.29) is 12.2 Å². The molecule has 3 N–H and O–H groups in total. The molecule has 0 aliphatic heterocycles. The van der Waals surface area contributed by atoms with E-state index in [1.165, 1.54) is 6.07 Å². The van der Waals surface area contributed by atoms with E-state index in [0.29, 0.717) is 12.0 Å². The summed E-state index contributed by atoms with van der Waals surface area (Å²) in [6.45, 7) is 0. The van der Waals surface area contributed by atoms with Gasteiger partial charge in [0.1, 0.15) is 5.82 Å². The number of hydrogen-bond donors (Lipinski definition) is 2. The number of rotatable bonds is 5. The molecule has 0 saturated heterocycles. The number of carboxylic acid groups (broad SMARTS) is 1. The Balaban J connectivity index is 2.18. The highest BCUT2D eigenvalue weighted by Gasteiger charge is 2.11. The van der Waals surface area contributed by atoms with E-state index in [1.54, 1.807) is 24.3 Å². The van der Waals surface area contributed by atoms with Crippen molar-refractivity contribution in [2.45, 2.75) is 18.9 Å². The van der Waals surface area contributed by atoms with Crippen molar-refractivity contribution < 1.29 is 14.3 Å². The van der Waals surface area contributed by atoms with Crippen molar-refractivity contribution >= 4 is 5.97 Å². The molecule has 0 spiro atoms. The Labute approximate surface area is 116 Å². The fourth-order valence-corrected chi connectivity index (χ4v) is 2.10. The summed E-state index contributed by atoms with van der Waals surface area (Å²) < 4.78 is 13.6. The summed E-state index contributed by atoms with van der Waals surface area (Å²) in [6, 6.07) is 13.4. The molecule has 2 rings (SSSR count). The third-order valence-corrected chi connectivity index (χ3v) is 3.13. The fourth-order valence-electron chi connectivity index (χ4n) is 2.10. The molecule has 0 aromatic heterocycles.